The summed E-state index contributed by atoms with van der Waals surface area (Å²) in [7, 11) is 0. The predicted octanol–water partition coefficient (Wildman–Crippen LogP) is 1.97. The summed E-state index contributed by atoms with van der Waals surface area (Å²) in [5, 5.41) is 7.69. The van der Waals surface area contributed by atoms with Crippen molar-refractivity contribution >= 4 is 11.6 Å². The zero-order chi connectivity index (χ0) is 8.27. The number of rotatable bonds is 3. The van der Waals surface area contributed by atoms with Crippen LogP contribution in [0.5, 0.6) is 0 Å². The van der Waals surface area contributed by atoms with E-state index in [-0.39, 0.29) is 0 Å². The van der Waals surface area contributed by atoms with Gasteiger partial charge in [-0.25, -0.2) is 0 Å². The topological polar surface area (TPSA) is 38.9 Å². The summed E-state index contributed by atoms with van der Waals surface area (Å²) in [6.07, 6.45) is 0.654. The van der Waals surface area contributed by atoms with E-state index in [9.17, 15) is 0 Å². The Hall–Kier alpha value is -0.570. The maximum absolute atomic E-state index is 5.50. The van der Waals surface area contributed by atoms with Gasteiger partial charge < -0.3 is 4.42 Å². The average molecular weight is 175 g/mol. The molecule has 11 heavy (non-hydrogen) atoms. The van der Waals surface area contributed by atoms with Crippen molar-refractivity contribution in [2.75, 3.05) is 5.88 Å². The summed E-state index contributed by atoms with van der Waals surface area (Å²) in [5.74, 6) is 2.14. The second-order valence-electron chi connectivity index (χ2n) is 2.63. The molecule has 1 heterocycles. The zero-order valence-corrected chi connectivity index (χ0v) is 7.43. The van der Waals surface area contributed by atoms with E-state index in [0.717, 1.165) is 0 Å². The summed E-state index contributed by atoms with van der Waals surface area (Å²) in [6.45, 7) is 4.02. The second-order valence-corrected chi connectivity index (χ2v) is 3.01. The largest absolute Gasteiger partial charge is 0.425 e. The molecule has 1 rings (SSSR count). The highest BCUT2D eigenvalue weighted by Gasteiger charge is 2.07. The molecule has 0 amide bonds. The van der Waals surface area contributed by atoms with Crippen LogP contribution in [0.4, 0.5) is 0 Å². The van der Waals surface area contributed by atoms with Gasteiger partial charge in [0.25, 0.3) is 0 Å². The van der Waals surface area contributed by atoms with Gasteiger partial charge in [-0.2, -0.15) is 0 Å². The molecular formula is C7H11ClN2O. The molecule has 3 nitrogen and oxygen atoms in total. The first-order valence-corrected chi connectivity index (χ1v) is 4.15. The van der Waals surface area contributed by atoms with E-state index in [1.165, 1.54) is 0 Å². The minimum atomic E-state index is 0.298. The Morgan fingerprint density at radius 1 is 1.45 bits per heavy atom. The average Bonchev–Trinajstić information content (AvgIpc) is 2.37. The molecule has 62 valence electrons. The van der Waals surface area contributed by atoms with Crippen LogP contribution in [0.1, 0.15) is 31.5 Å². The molecule has 0 aliphatic heterocycles. The van der Waals surface area contributed by atoms with Gasteiger partial charge in [0.05, 0.1) is 0 Å². The molecule has 4 heteroatoms. The Morgan fingerprint density at radius 2 is 2.18 bits per heavy atom. The molecule has 0 aromatic carbocycles. The lowest BCUT2D eigenvalue weighted by Gasteiger charge is -1.93. The zero-order valence-electron chi connectivity index (χ0n) is 6.67. The van der Waals surface area contributed by atoms with Gasteiger partial charge in [-0.1, -0.05) is 13.8 Å². The Bertz CT molecular complexity index is 222. The van der Waals surface area contributed by atoms with Crippen LogP contribution in [0.3, 0.4) is 0 Å². The predicted molar refractivity (Wildman–Crippen MR) is 42.8 cm³/mol. The van der Waals surface area contributed by atoms with Crippen molar-refractivity contribution in [3.05, 3.63) is 11.8 Å². The minimum Gasteiger partial charge on any atom is -0.425 e. The SMILES string of the molecule is CC(C)c1nnc(CCCl)o1. The fourth-order valence-corrected chi connectivity index (χ4v) is 0.843. The van der Waals surface area contributed by atoms with Crippen LogP contribution in [0.25, 0.3) is 0 Å². The lowest BCUT2D eigenvalue weighted by molar-refractivity contribution is 0.436. The van der Waals surface area contributed by atoms with Crippen LogP contribution >= 0.6 is 11.6 Å². The van der Waals surface area contributed by atoms with Crippen LogP contribution in [-0.4, -0.2) is 16.1 Å². The van der Waals surface area contributed by atoms with E-state index in [1.54, 1.807) is 0 Å². The fraction of sp³-hybridized carbons (Fsp3) is 0.714. The van der Waals surface area contributed by atoms with Gasteiger partial charge >= 0.3 is 0 Å². The highest BCUT2D eigenvalue weighted by atomic mass is 35.5. The quantitative estimate of drug-likeness (QED) is 0.658. The van der Waals surface area contributed by atoms with E-state index >= 15 is 0 Å². The minimum absolute atomic E-state index is 0.298. The summed E-state index contributed by atoms with van der Waals surface area (Å²) in [4.78, 5) is 0. The number of aromatic nitrogens is 2. The number of alkyl halides is 1. The standard InChI is InChI=1S/C7H11ClN2O/c1-5(2)7-10-9-6(11-7)3-4-8/h5H,3-4H2,1-2H3. The molecule has 1 aromatic rings. The molecule has 0 spiro atoms. The Balaban J connectivity index is 2.66. The van der Waals surface area contributed by atoms with Crippen molar-refractivity contribution in [3.8, 4) is 0 Å². The maximum Gasteiger partial charge on any atom is 0.219 e. The molecule has 0 saturated carbocycles. The molecule has 0 aliphatic rings. The summed E-state index contributed by atoms with van der Waals surface area (Å²) < 4.78 is 5.28. The molecular weight excluding hydrogens is 164 g/mol. The molecule has 0 fully saturated rings. The summed E-state index contributed by atoms with van der Waals surface area (Å²) >= 11 is 5.50. The van der Waals surface area contributed by atoms with Gasteiger partial charge in [0.2, 0.25) is 11.8 Å². The van der Waals surface area contributed by atoms with E-state index in [4.69, 9.17) is 16.0 Å². The lowest BCUT2D eigenvalue weighted by Crippen LogP contribution is -1.85. The summed E-state index contributed by atoms with van der Waals surface area (Å²) in [6, 6.07) is 0. The van der Waals surface area contributed by atoms with E-state index in [2.05, 4.69) is 10.2 Å². The monoisotopic (exact) mass is 174 g/mol. The van der Waals surface area contributed by atoms with E-state index < -0.39 is 0 Å². The molecule has 0 saturated heterocycles. The van der Waals surface area contributed by atoms with Gasteiger partial charge in [-0.05, 0) is 0 Å². The Morgan fingerprint density at radius 3 is 2.64 bits per heavy atom. The van der Waals surface area contributed by atoms with Gasteiger partial charge in [0.15, 0.2) is 0 Å². The number of aryl methyl sites for hydroxylation is 1. The van der Waals surface area contributed by atoms with E-state index in [1.807, 2.05) is 13.8 Å². The lowest BCUT2D eigenvalue weighted by atomic mass is 10.2. The van der Waals surface area contributed by atoms with Crippen molar-refractivity contribution in [1.29, 1.82) is 0 Å². The third kappa shape index (κ3) is 2.19. The molecule has 0 radical (unpaired) electrons. The Kier molecular flexibility index (Phi) is 2.88. The first-order valence-electron chi connectivity index (χ1n) is 3.62. The first-order chi connectivity index (χ1) is 5.24. The molecule has 0 atom stereocenters. The van der Waals surface area contributed by atoms with Gasteiger partial charge in [0, 0.05) is 18.2 Å². The third-order valence-corrected chi connectivity index (χ3v) is 1.47. The first kappa shape index (κ1) is 8.53. The molecule has 0 N–H and O–H groups in total. The second kappa shape index (κ2) is 3.72. The van der Waals surface area contributed by atoms with Crippen LogP contribution in [0, 0.1) is 0 Å². The number of nitrogens with zero attached hydrogens (tertiary/aromatic N) is 2. The normalized spacial score (nSPS) is 10.9. The molecule has 0 aliphatic carbocycles. The maximum atomic E-state index is 5.50. The highest BCUT2D eigenvalue weighted by molar-refractivity contribution is 6.17. The van der Waals surface area contributed by atoms with Crippen molar-refractivity contribution in [2.24, 2.45) is 0 Å². The van der Waals surface area contributed by atoms with Crippen LogP contribution < -0.4 is 0 Å². The highest BCUT2D eigenvalue weighted by Crippen LogP contribution is 2.11. The molecule has 0 bridgehead atoms. The van der Waals surface area contributed by atoms with E-state index in [0.29, 0.717) is 30.0 Å². The number of hydrogen-bond donors (Lipinski definition) is 0. The molecule has 1 aromatic heterocycles. The van der Waals surface area contributed by atoms with Crippen LogP contribution in [0.2, 0.25) is 0 Å². The van der Waals surface area contributed by atoms with Crippen molar-refractivity contribution in [1.82, 2.24) is 10.2 Å². The van der Waals surface area contributed by atoms with Crippen molar-refractivity contribution in [3.63, 3.8) is 0 Å². The Labute approximate surface area is 70.8 Å². The molecule has 0 unspecified atom stereocenters. The number of hydrogen-bond acceptors (Lipinski definition) is 3. The van der Waals surface area contributed by atoms with Gasteiger partial charge in [-0.3, -0.25) is 0 Å². The third-order valence-electron chi connectivity index (χ3n) is 1.28. The number of halogens is 1. The summed E-state index contributed by atoms with van der Waals surface area (Å²) in [5.41, 5.74) is 0. The fourth-order valence-electron chi connectivity index (χ4n) is 0.682. The smallest absolute Gasteiger partial charge is 0.219 e. The van der Waals surface area contributed by atoms with Crippen LogP contribution in [0.15, 0.2) is 4.42 Å². The van der Waals surface area contributed by atoms with Crippen molar-refractivity contribution in [2.45, 2.75) is 26.2 Å². The van der Waals surface area contributed by atoms with Gasteiger partial charge in [0.1, 0.15) is 0 Å². The van der Waals surface area contributed by atoms with Crippen molar-refractivity contribution < 1.29 is 4.42 Å². The van der Waals surface area contributed by atoms with Crippen LogP contribution in [-0.2, 0) is 6.42 Å². The van der Waals surface area contributed by atoms with Gasteiger partial charge in [-0.15, -0.1) is 21.8 Å².